The van der Waals surface area contributed by atoms with Gasteiger partial charge in [-0.15, -0.1) is 11.3 Å². The van der Waals surface area contributed by atoms with E-state index < -0.39 is 11.5 Å². The Bertz CT molecular complexity index is 702. The molecule has 0 aliphatic rings. The van der Waals surface area contributed by atoms with Crippen LogP contribution in [0.1, 0.15) is 30.3 Å². The second kappa shape index (κ2) is 7.92. The smallest absolute Gasteiger partial charge is 0.306 e. The zero-order valence-electron chi connectivity index (χ0n) is 13.6. The second-order valence-electron chi connectivity index (χ2n) is 5.61. The molecule has 0 spiro atoms. The molecule has 1 aromatic carbocycles. The van der Waals surface area contributed by atoms with Crippen molar-refractivity contribution in [2.24, 2.45) is 0 Å². The van der Waals surface area contributed by atoms with Crippen molar-refractivity contribution in [2.45, 2.75) is 31.7 Å². The van der Waals surface area contributed by atoms with Crippen LogP contribution in [-0.2, 0) is 21.5 Å². The van der Waals surface area contributed by atoms with Crippen molar-refractivity contribution in [1.29, 1.82) is 0 Å². The summed E-state index contributed by atoms with van der Waals surface area (Å²) in [4.78, 5) is 27.7. The highest BCUT2D eigenvalue weighted by molar-refractivity contribution is 7.09. The summed E-state index contributed by atoms with van der Waals surface area (Å²) in [5, 5.41) is 14.8. The number of nitrogens with zero attached hydrogens (tertiary/aromatic N) is 1. The van der Waals surface area contributed by atoms with E-state index >= 15 is 0 Å². The summed E-state index contributed by atoms with van der Waals surface area (Å²) in [7, 11) is 1.54. The average Bonchev–Trinajstić information content (AvgIpc) is 3.05. The highest BCUT2D eigenvalue weighted by Gasteiger charge is 2.31. The molecule has 0 fully saturated rings. The maximum Gasteiger partial charge on any atom is 0.306 e. The van der Waals surface area contributed by atoms with E-state index in [1.807, 2.05) is 5.38 Å². The van der Waals surface area contributed by atoms with Gasteiger partial charge in [-0.25, -0.2) is 4.98 Å². The van der Waals surface area contributed by atoms with Crippen molar-refractivity contribution >= 4 is 23.2 Å². The third kappa shape index (κ3) is 4.79. The van der Waals surface area contributed by atoms with Crippen LogP contribution in [0, 0.1) is 0 Å². The lowest BCUT2D eigenvalue weighted by Gasteiger charge is -2.30. The molecule has 24 heavy (non-hydrogen) atoms. The molecule has 1 aromatic heterocycles. The largest absolute Gasteiger partial charge is 0.497 e. The normalized spacial score (nSPS) is 13.1. The number of amides is 1. The van der Waals surface area contributed by atoms with Crippen molar-refractivity contribution in [3.05, 3.63) is 46.4 Å². The fourth-order valence-electron chi connectivity index (χ4n) is 2.45. The number of aliphatic carboxylic acids is 1. The molecule has 128 valence electrons. The lowest BCUT2D eigenvalue weighted by atomic mass is 9.88. The summed E-state index contributed by atoms with van der Waals surface area (Å²) < 4.78 is 5.19. The van der Waals surface area contributed by atoms with Crippen LogP contribution < -0.4 is 10.1 Å². The molecule has 1 unspecified atom stereocenters. The van der Waals surface area contributed by atoms with E-state index in [-0.39, 0.29) is 18.7 Å². The fourth-order valence-corrected chi connectivity index (χ4v) is 3.07. The Balaban J connectivity index is 2.13. The molecule has 2 aromatic rings. The molecule has 0 bridgehead atoms. The van der Waals surface area contributed by atoms with Gasteiger partial charge in [-0.05, 0) is 24.6 Å². The number of carboxylic acids is 1. The number of carboxylic acid groups (broad SMARTS) is 1. The summed E-state index contributed by atoms with van der Waals surface area (Å²) in [5.74, 6) is -0.585. The summed E-state index contributed by atoms with van der Waals surface area (Å²) in [6, 6.07) is 7.07. The Labute approximate surface area is 144 Å². The standard InChI is InChI=1S/C17H20N2O4S/c1-17(11-16(21)22,12-4-3-5-13(10-12)23-2)19-14(20)6-7-15-18-8-9-24-15/h3-5,8-10H,6-7,11H2,1-2H3,(H,19,20)(H,21,22). The first-order valence-corrected chi connectivity index (χ1v) is 8.36. The summed E-state index contributed by atoms with van der Waals surface area (Å²) in [6.07, 6.45) is 2.27. The molecule has 6 nitrogen and oxygen atoms in total. The van der Waals surface area contributed by atoms with Crippen molar-refractivity contribution in [1.82, 2.24) is 10.3 Å². The molecule has 2 N–H and O–H groups in total. The third-order valence-corrected chi connectivity index (χ3v) is 4.52. The number of hydrogen-bond acceptors (Lipinski definition) is 5. The van der Waals surface area contributed by atoms with E-state index in [0.717, 1.165) is 5.01 Å². The van der Waals surface area contributed by atoms with E-state index in [1.54, 1.807) is 44.5 Å². The van der Waals surface area contributed by atoms with Gasteiger partial charge in [0.15, 0.2) is 0 Å². The first kappa shape index (κ1) is 17.9. The number of hydrogen-bond donors (Lipinski definition) is 2. The maximum absolute atomic E-state index is 12.3. The number of carbonyl (C=O) groups excluding carboxylic acids is 1. The van der Waals surface area contributed by atoms with E-state index in [9.17, 15) is 14.7 Å². The lowest BCUT2D eigenvalue weighted by Crippen LogP contribution is -2.45. The van der Waals surface area contributed by atoms with Gasteiger partial charge in [0.1, 0.15) is 5.75 Å². The minimum atomic E-state index is -1.01. The molecule has 1 heterocycles. The Kier molecular flexibility index (Phi) is 5.92. The summed E-state index contributed by atoms with van der Waals surface area (Å²) in [5.41, 5.74) is -0.327. The number of aromatic nitrogens is 1. The molecule has 2 rings (SSSR count). The van der Waals surface area contributed by atoms with Gasteiger partial charge < -0.3 is 15.2 Å². The second-order valence-corrected chi connectivity index (χ2v) is 6.59. The number of methoxy groups -OCH3 is 1. The number of rotatable bonds is 8. The van der Waals surface area contributed by atoms with Gasteiger partial charge in [-0.3, -0.25) is 9.59 Å². The van der Waals surface area contributed by atoms with Crippen molar-refractivity contribution < 1.29 is 19.4 Å². The predicted molar refractivity (Wildman–Crippen MR) is 91.2 cm³/mol. The van der Waals surface area contributed by atoms with Crippen LogP contribution in [0.15, 0.2) is 35.8 Å². The topological polar surface area (TPSA) is 88.5 Å². The Morgan fingerprint density at radius 3 is 2.83 bits per heavy atom. The predicted octanol–water partition coefficient (Wildman–Crippen LogP) is 2.59. The Hall–Kier alpha value is -2.41. The zero-order valence-corrected chi connectivity index (χ0v) is 14.4. The molecule has 0 aliphatic carbocycles. The quantitative estimate of drug-likeness (QED) is 0.765. The highest BCUT2D eigenvalue weighted by atomic mass is 32.1. The van der Waals surface area contributed by atoms with E-state index in [4.69, 9.17) is 4.74 Å². The Morgan fingerprint density at radius 1 is 1.42 bits per heavy atom. The molecule has 0 saturated heterocycles. The average molecular weight is 348 g/mol. The highest BCUT2D eigenvalue weighted by Crippen LogP contribution is 2.28. The van der Waals surface area contributed by atoms with E-state index in [2.05, 4.69) is 10.3 Å². The number of ether oxygens (including phenoxy) is 1. The van der Waals surface area contributed by atoms with Gasteiger partial charge in [0.2, 0.25) is 5.91 Å². The SMILES string of the molecule is COc1cccc(C(C)(CC(=O)O)NC(=O)CCc2nccs2)c1. The molecule has 0 aliphatic heterocycles. The van der Waals surface area contributed by atoms with Gasteiger partial charge in [0.25, 0.3) is 0 Å². The molecule has 0 radical (unpaired) electrons. The zero-order chi connectivity index (χ0) is 17.6. The van der Waals surface area contributed by atoms with Crippen LogP contribution in [0.5, 0.6) is 5.75 Å². The van der Waals surface area contributed by atoms with Gasteiger partial charge in [-0.2, -0.15) is 0 Å². The minimum absolute atomic E-state index is 0.211. The van der Waals surface area contributed by atoms with Crippen LogP contribution in [0.25, 0.3) is 0 Å². The maximum atomic E-state index is 12.3. The molecule has 7 heteroatoms. The van der Waals surface area contributed by atoms with Crippen LogP contribution in [0.3, 0.4) is 0 Å². The lowest BCUT2D eigenvalue weighted by molar-refractivity contribution is -0.139. The number of aryl methyl sites for hydroxylation is 1. The number of benzene rings is 1. The van der Waals surface area contributed by atoms with Gasteiger partial charge in [0, 0.05) is 24.4 Å². The van der Waals surface area contributed by atoms with Crippen molar-refractivity contribution in [3.8, 4) is 5.75 Å². The van der Waals surface area contributed by atoms with Crippen LogP contribution in [-0.4, -0.2) is 29.1 Å². The number of thiazole rings is 1. The van der Waals surface area contributed by atoms with Gasteiger partial charge >= 0.3 is 5.97 Å². The first-order chi connectivity index (χ1) is 11.4. The van der Waals surface area contributed by atoms with Crippen LogP contribution >= 0.6 is 11.3 Å². The molecule has 1 atom stereocenters. The minimum Gasteiger partial charge on any atom is -0.497 e. The van der Waals surface area contributed by atoms with Gasteiger partial charge in [0.05, 0.1) is 24.1 Å². The summed E-state index contributed by atoms with van der Waals surface area (Å²) >= 11 is 1.49. The molecule has 0 saturated carbocycles. The molecular formula is C17H20N2O4S. The van der Waals surface area contributed by atoms with Gasteiger partial charge in [-0.1, -0.05) is 12.1 Å². The van der Waals surface area contributed by atoms with E-state index in [1.165, 1.54) is 11.3 Å². The number of nitrogens with one attached hydrogen (secondary N) is 1. The molecule has 1 amide bonds. The number of carbonyl (C=O) groups is 2. The van der Waals surface area contributed by atoms with E-state index in [0.29, 0.717) is 17.7 Å². The Morgan fingerprint density at radius 2 is 2.21 bits per heavy atom. The van der Waals surface area contributed by atoms with Crippen LogP contribution in [0.4, 0.5) is 0 Å². The van der Waals surface area contributed by atoms with Crippen molar-refractivity contribution in [3.63, 3.8) is 0 Å². The van der Waals surface area contributed by atoms with Crippen LogP contribution in [0.2, 0.25) is 0 Å². The monoisotopic (exact) mass is 348 g/mol. The first-order valence-electron chi connectivity index (χ1n) is 7.48. The third-order valence-electron chi connectivity index (χ3n) is 3.68. The molecular weight excluding hydrogens is 328 g/mol. The summed E-state index contributed by atoms with van der Waals surface area (Å²) in [6.45, 7) is 1.71. The fraction of sp³-hybridized carbons (Fsp3) is 0.353. The van der Waals surface area contributed by atoms with Crippen molar-refractivity contribution in [2.75, 3.05) is 7.11 Å².